The molecular weight excluding hydrogens is 198 g/mol. The SMILES string of the molecule is Nc1c(C(=O)O)c[nH]c(=O)c1C(F)F. The maximum atomic E-state index is 12.2. The van der Waals surface area contributed by atoms with Gasteiger partial charge < -0.3 is 15.8 Å². The zero-order valence-electron chi connectivity index (χ0n) is 6.75. The van der Waals surface area contributed by atoms with Crippen molar-refractivity contribution in [3.05, 3.63) is 27.7 Å². The molecule has 0 bridgehead atoms. The van der Waals surface area contributed by atoms with E-state index in [2.05, 4.69) is 0 Å². The van der Waals surface area contributed by atoms with E-state index in [0.29, 0.717) is 0 Å². The molecule has 0 atom stereocenters. The number of carbonyl (C=O) groups is 1. The van der Waals surface area contributed by atoms with Crippen LogP contribution in [0.1, 0.15) is 22.3 Å². The predicted molar refractivity (Wildman–Crippen MR) is 43.4 cm³/mol. The Bertz CT molecular complexity index is 427. The second-order valence-corrected chi connectivity index (χ2v) is 2.46. The number of aromatic amines is 1. The highest BCUT2D eigenvalue weighted by Crippen LogP contribution is 2.23. The van der Waals surface area contributed by atoms with Gasteiger partial charge in [0.2, 0.25) is 0 Å². The monoisotopic (exact) mass is 204 g/mol. The lowest BCUT2D eigenvalue weighted by Crippen LogP contribution is -2.19. The summed E-state index contributed by atoms with van der Waals surface area (Å²) in [5.74, 6) is -1.47. The first kappa shape index (κ1) is 10.2. The molecule has 1 rings (SSSR count). The zero-order valence-corrected chi connectivity index (χ0v) is 6.75. The first-order chi connectivity index (χ1) is 6.45. The molecule has 0 amide bonds. The molecule has 0 aliphatic carbocycles. The maximum Gasteiger partial charge on any atom is 0.339 e. The van der Waals surface area contributed by atoms with Crippen LogP contribution in [-0.4, -0.2) is 16.1 Å². The topological polar surface area (TPSA) is 96.2 Å². The van der Waals surface area contributed by atoms with Crippen molar-refractivity contribution in [3.63, 3.8) is 0 Å². The lowest BCUT2D eigenvalue weighted by Gasteiger charge is -2.05. The molecular formula is C7H6F2N2O3. The molecule has 76 valence electrons. The summed E-state index contributed by atoms with van der Waals surface area (Å²) in [6.45, 7) is 0. The van der Waals surface area contributed by atoms with Crippen LogP contribution in [-0.2, 0) is 0 Å². The van der Waals surface area contributed by atoms with Gasteiger partial charge in [0, 0.05) is 6.20 Å². The molecule has 1 aromatic rings. The van der Waals surface area contributed by atoms with Crippen LogP contribution < -0.4 is 11.3 Å². The largest absolute Gasteiger partial charge is 0.478 e. The van der Waals surface area contributed by atoms with E-state index in [1.807, 2.05) is 4.98 Å². The fourth-order valence-electron chi connectivity index (χ4n) is 0.954. The van der Waals surface area contributed by atoms with Crippen LogP contribution in [0.4, 0.5) is 14.5 Å². The fraction of sp³-hybridized carbons (Fsp3) is 0.143. The van der Waals surface area contributed by atoms with E-state index >= 15 is 0 Å². The van der Waals surface area contributed by atoms with Crippen LogP contribution in [0.2, 0.25) is 0 Å². The van der Waals surface area contributed by atoms with Crippen LogP contribution in [0.15, 0.2) is 11.0 Å². The number of rotatable bonds is 2. The summed E-state index contributed by atoms with van der Waals surface area (Å²) in [6.07, 6.45) is -2.32. The second-order valence-electron chi connectivity index (χ2n) is 2.46. The predicted octanol–water partition coefficient (Wildman–Crippen LogP) is 0.593. The van der Waals surface area contributed by atoms with Gasteiger partial charge in [0.05, 0.1) is 11.3 Å². The number of pyridine rings is 1. The third kappa shape index (κ3) is 1.56. The molecule has 0 saturated carbocycles. The molecule has 7 heteroatoms. The van der Waals surface area contributed by atoms with E-state index in [9.17, 15) is 18.4 Å². The summed E-state index contributed by atoms with van der Waals surface area (Å²) >= 11 is 0. The Morgan fingerprint density at radius 3 is 2.57 bits per heavy atom. The first-order valence-corrected chi connectivity index (χ1v) is 3.47. The van der Waals surface area contributed by atoms with Crippen molar-refractivity contribution in [1.82, 2.24) is 4.98 Å². The van der Waals surface area contributed by atoms with E-state index in [0.717, 1.165) is 6.20 Å². The number of aromatic nitrogens is 1. The van der Waals surface area contributed by atoms with Crippen LogP contribution in [0.3, 0.4) is 0 Å². The standard InChI is InChI=1S/C7H6F2N2O3/c8-5(9)3-4(10)2(7(13)14)1-11-6(3)12/h1,5H,(H,13,14)(H3,10,11,12). The Labute approximate surface area is 76.2 Å². The molecule has 0 fully saturated rings. The molecule has 0 aliphatic rings. The van der Waals surface area contributed by atoms with Crippen LogP contribution in [0.25, 0.3) is 0 Å². The molecule has 1 heterocycles. The highest BCUT2D eigenvalue weighted by atomic mass is 19.3. The summed E-state index contributed by atoms with van der Waals surface area (Å²) in [6, 6.07) is 0. The number of hydrogen-bond acceptors (Lipinski definition) is 3. The number of carboxylic acids is 1. The van der Waals surface area contributed by atoms with Gasteiger partial charge in [0.15, 0.2) is 0 Å². The molecule has 4 N–H and O–H groups in total. The van der Waals surface area contributed by atoms with Gasteiger partial charge in [-0.05, 0) is 0 Å². The minimum Gasteiger partial charge on any atom is -0.478 e. The lowest BCUT2D eigenvalue weighted by molar-refractivity contribution is 0.0697. The van der Waals surface area contributed by atoms with Crippen LogP contribution in [0, 0.1) is 0 Å². The molecule has 0 radical (unpaired) electrons. The number of hydrogen-bond donors (Lipinski definition) is 3. The molecule has 0 aromatic carbocycles. The number of aromatic carboxylic acids is 1. The third-order valence-corrected chi connectivity index (χ3v) is 1.62. The summed E-state index contributed by atoms with van der Waals surface area (Å²) in [5, 5.41) is 8.52. The fourth-order valence-corrected chi connectivity index (χ4v) is 0.954. The number of alkyl halides is 2. The van der Waals surface area contributed by atoms with Gasteiger partial charge in [-0.2, -0.15) is 0 Å². The minimum absolute atomic E-state index is 0.542. The number of anilines is 1. The number of carboxylic acid groups (broad SMARTS) is 1. The molecule has 0 saturated heterocycles. The van der Waals surface area contributed by atoms with Crippen molar-refractivity contribution in [2.24, 2.45) is 0 Å². The Morgan fingerprint density at radius 2 is 2.14 bits per heavy atom. The molecule has 0 unspecified atom stereocenters. The molecule has 1 aromatic heterocycles. The number of H-pyrrole nitrogens is 1. The van der Waals surface area contributed by atoms with E-state index in [-0.39, 0.29) is 0 Å². The van der Waals surface area contributed by atoms with Gasteiger partial charge in [-0.1, -0.05) is 0 Å². The van der Waals surface area contributed by atoms with E-state index in [1.165, 1.54) is 0 Å². The quantitative estimate of drug-likeness (QED) is 0.656. The molecule has 0 spiro atoms. The van der Waals surface area contributed by atoms with E-state index in [4.69, 9.17) is 10.8 Å². The van der Waals surface area contributed by atoms with Gasteiger partial charge in [0.1, 0.15) is 5.56 Å². The normalized spacial score (nSPS) is 10.5. The van der Waals surface area contributed by atoms with E-state index < -0.39 is 34.8 Å². The third-order valence-electron chi connectivity index (χ3n) is 1.62. The van der Waals surface area contributed by atoms with Gasteiger partial charge >= 0.3 is 5.97 Å². The van der Waals surface area contributed by atoms with Gasteiger partial charge in [-0.3, -0.25) is 4.79 Å². The van der Waals surface area contributed by atoms with Crippen molar-refractivity contribution in [2.45, 2.75) is 6.43 Å². The summed E-state index contributed by atoms with van der Waals surface area (Å²) in [5.41, 5.74) is 1.78. The van der Waals surface area contributed by atoms with Crippen LogP contribution in [0.5, 0.6) is 0 Å². The number of nitrogens with one attached hydrogen (secondary N) is 1. The first-order valence-electron chi connectivity index (χ1n) is 3.47. The maximum absolute atomic E-state index is 12.2. The minimum atomic E-state index is -3.10. The average Bonchev–Trinajstić information content (AvgIpc) is 2.02. The Balaban J connectivity index is 3.49. The van der Waals surface area contributed by atoms with Crippen molar-refractivity contribution in [2.75, 3.05) is 5.73 Å². The molecule has 14 heavy (non-hydrogen) atoms. The van der Waals surface area contributed by atoms with Crippen LogP contribution >= 0.6 is 0 Å². The average molecular weight is 204 g/mol. The second kappa shape index (κ2) is 3.44. The number of nitrogen functional groups attached to an aromatic ring is 1. The van der Waals surface area contributed by atoms with Gasteiger partial charge in [0.25, 0.3) is 12.0 Å². The highest BCUT2D eigenvalue weighted by Gasteiger charge is 2.21. The summed E-state index contributed by atoms with van der Waals surface area (Å²) < 4.78 is 24.5. The smallest absolute Gasteiger partial charge is 0.339 e. The van der Waals surface area contributed by atoms with Crippen molar-refractivity contribution >= 4 is 11.7 Å². The van der Waals surface area contributed by atoms with Gasteiger partial charge in [-0.25, -0.2) is 13.6 Å². The highest BCUT2D eigenvalue weighted by molar-refractivity contribution is 5.93. The Morgan fingerprint density at radius 1 is 1.57 bits per heavy atom. The number of nitrogens with two attached hydrogens (primary N) is 1. The Hall–Kier alpha value is -1.92. The summed E-state index contributed by atoms with van der Waals surface area (Å²) in [4.78, 5) is 23.2. The van der Waals surface area contributed by atoms with Crippen molar-refractivity contribution in [1.29, 1.82) is 0 Å². The lowest BCUT2D eigenvalue weighted by atomic mass is 10.1. The van der Waals surface area contributed by atoms with Crippen molar-refractivity contribution in [3.8, 4) is 0 Å². The number of halogens is 2. The van der Waals surface area contributed by atoms with Crippen molar-refractivity contribution < 1.29 is 18.7 Å². The summed E-state index contributed by atoms with van der Waals surface area (Å²) in [7, 11) is 0. The molecule has 0 aliphatic heterocycles. The van der Waals surface area contributed by atoms with E-state index in [1.54, 1.807) is 0 Å². The zero-order chi connectivity index (χ0) is 10.9. The van der Waals surface area contributed by atoms with Gasteiger partial charge in [-0.15, -0.1) is 0 Å². The molecule has 5 nitrogen and oxygen atoms in total. The Kier molecular flexibility index (Phi) is 2.50.